The van der Waals surface area contributed by atoms with Gasteiger partial charge in [-0.15, -0.1) is 0 Å². The molecule has 1 atom stereocenters. The summed E-state index contributed by atoms with van der Waals surface area (Å²) in [7, 11) is 1.64. The van der Waals surface area contributed by atoms with Gasteiger partial charge in [0.1, 0.15) is 10.7 Å². The van der Waals surface area contributed by atoms with Crippen LogP contribution in [0.15, 0.2) is 0 Å². The SMILES string of the molecule is COCCNc1nc(N)c(C(=O)NC2CCCC2(C)C)s1. The molecule has 4 N–H and O–H groups in total. The number of thiazole rings is 1. The molecule has 6 nitrogen and oxygen atoms in total. The van der Waals surface area contributed by atoms with Gasteiger partial charge in [-0.3, -0.25) is 4.79 Å². The van der Waals surface area contributed by atoms with Gasteiger partial charge in [-0.2, -0.15) is 0 Å². The lowest BCUT2D eigenvalue weighted by Crippen LogP contribution is -2.41. The predicted octanol–water partition coefficient (Wildman–Crippen LogP) is 2.09. The first kappa shape index (κ1) is 16.0. The Kier molecular flexibility index (Phi) is 5.05. The highest BCUT2D eigenvalue weighted by Gasteiger charge is 2.36. The highest BCUT2D eigenvalue weighted by atomic mass is 32.1. The van der Waals surface area contributed by atoms with E-state index < -0.39 is 0 Å². The normalized spacial score (nSPS) is 20.4. The molecular weight excluding hydrogens is 288 g/mol. The predicted molar refractivity (Wildman–Crippen MR) is 85.8 cm³/mol. The fraction of sp³-hybridized carbons (Fsp3) is 0.714. The summed E-state index contributed by atoms with van der Waals surface area (Å²) >= 11 is 1.29. The van der Waals surface area contributed by atoms with Crippen molar-refractivity contribution in [2.45, 2.75) is 39.2 Å². The van der Waals surface area contributed by atoms with E-state index in [0.717, 1.165) is 19.3 Å². The Morgan fingerprint density at radius 3 is 2.95 bits per heavy atom. The van der Waals surface area contributed by atoms with Crippen LogP contribution in [0.3, 0.4) is 0 Å². The maximum Gasteiger partial charge on any atom is 0.265 e. The molecule has 1 aromatic rings. The molecular formula is C14H24N4O2S. The minimum atomic E-state index is -0.121. The molecule has 118 valence electrons. The number of hydrogen-bond donors (Lipinski definition) is 3. The van der Waals surface area contributed by atoms with Crippen molar-refractivity contribution in [1.82, 2.24) is 10.3 Å². The van der Waals surface area contributed by atoms with Crippen LogP contribution < -0.4 is 16.4 Å². The van der Waals surface area contributed by atoms with Gasteiger partial charge in [0.2, 0.25) is 0 Å². The summed E-state index contributed by atoms with van der Waals surface area (Å²) in [6.07, 6.45) is 3.32. The summed E-state index contributed by atoms with van der Waals surface area (Å²) in [5.41, 5.74) is 6.00. The molecule has 0 saturated heterocycles. The van der Waals surface area contributed by atoms with E-state index in [-0.39, 0.29) is 23.2 Å². The van der Waals surface area contributed by atoms with Gasteiger partial charge in [0.05, 0.1) is 6.61 Å². The second-order valence-corrected chi connectivity index (χ2v) is 7.06. The Morgan fingerprint density at radius 2 is 2.33 bits per heavy atom. The molecule has 0 aliphatic heterocycles. The highest BCUT2D eigenvalue weighted by molar-refractivity contribution is 7.18. The molecule has 7 heteroatoms. The van der Waals surface area contributed by atoms with Gasteiger partial charge in [-0.25, -0.2) is 4.98 Å². The van der Waals surface area contributed by atoms with Crippen molar-refractivity contribution in [2.75, 3.05) is 31.3 Å². The molecule has 1 fully saturated rings. The number of amides is 1. The zero-order valence-corrected chi connectivity index (χ0v) is 13.7. The summed E-state index contributed by atoms with van der Waals surface area (Å²) in [5, 5.41) is 6.85. The van der Waals surface area contributed by atoms with Gasteiger partial charge in [0.25, 0.3) is 5.91 Å². The van der Waals surface area contributed by atoms with Crippen LogP contribution in [0.2, 0.25) is 0 Å². The minimum Gasteiger partial charge on any atom is -0.383 e. The Balaban J connectivity index is 1.99. The number of anilines is 2. The summed E-state index contributed by atoms with van der Waals surface area (Å²) in [6.45, 7) is 5.61. The Hall–Kier alpha value is -1.34. The van der Waals surface area contributed by atoms with E-state index in [0.29, 0.717) is 23.2 Å². The number of nitrogens with two attached hydrogens (primary N) is 1. The van der Waals surface area contributed by atoms with E-state index in [9.17, 15) is 4.79 Å². The van der Waals surface area contributed by atoms with Gasteiger partial charge in [0.15, 0.2) is 5.13 Å². The molecule has 1 amide bonds. The minimum absolute atomic E-state index is 0.121. The fourth-order valence-electron chi connectivity index (χ4n) is 2.65. The second-order valence-electron chi connectivity index (χ2n) is 6.06. The Bertz CT molecular complexity index is 501. The third kappa shape index (κ3) is 3.85. The second kappa shape index (κ2) is 6.62. The highest BCUT2D eigenvalue weighted by Crippen LogP contribution is 2.37. The molecule has 1 aliphatic carbocycles. The average Bonchev–Trinajstić information content (AvgIpc) is 2.93. The van der Waals surface area contributed by atoms with E-state index in [1.54, 1.807) is 7.11 Å². The van der Waals surface area contributed by atoms with Crippen LogP contribution in [0.5, 0.6) is 0 Å². The maximum absolute atomic E-state index is 12.4. The molecule has 1 saturated carbocycles. The van der Waals surface area contributed by atoms with Gasteiger partial charge in [-0.1, -0.05) is 31.6 Å². The quantitative estimate of drug-likeness (QED) is 0.700. The third-order valence-corrected chi connectivity index (χ3v) is 5.03. The van der Waals surface area contributed by atoms with Crippen molar-refractivity contribution in [3.63, 3.8) is 0 Å². The topological polar surface area (TPSA) is 89.3 Å². The molecule has 0 bridgehead atoms. The number of ether oxygens (including phenoxy) is 1. The van der Waals surface area contributed by atoms with Crippen LogP contribution in [-0.2, 0) is 4.74 Å². The number of methoxy groups -OCH3 is 1. The zero-order chi connectivity index (χ0) is 15.5. The molecule has 0 radical (unpaired) electrons. The molecule has 1 unspecified atom stereocenters. The molecule has 2 rings (SSSR count). The number of aromatic nitrogens is 1. The molecule has 21 heavy (non-hydrogen) atoms. The van der Waals surface area contributed by atoms with Crippen LogP contribution in [0.1, 0.15) is 42.8 Å². The fourth-order valence-corrected chi connectivity index (χ4v) is 3.46. The first-order chi connectivity index (χ1) is 9.94. The van der Waals surface area contributed by atoms with Crippen molar-refractivity contribution >= 4 is 28.2 Å². The van der Waals surface area contributed by atoms with Crippen molar-refractivity contribution in [3.8, 4) is 0 Å². The summed E-state index contributed by atoms with van der Waals surface area (Å²) in [5.74, 6) is 0.165. The Labute approximate surface area is 129 Å². The number of rotatable bonds is 6. The van der Waals surface area contributed by atoms with Crippen molar-refractivity contribution in [3.05, 3.63) is 4.88 Å². The smallest absolute Gasteiger partial charge is 0.265 e. The van der Waals surface area contributed by atoms with E-state index in [1.807, 2.05) is 0 Å². The summed E-state index contributed by atoms with van der Waals surface area (Å²) < 4.78 is 4.96. The van der Waals surface area contributed by atoms with Gasteiger partial charge in [-0.05, 0) is 18.3 Å². The molecule has 1 aromatic heterocycles. The van der Waals surface area contributed by atoms with E-state index in [4.69, 9.17) is 10.5 Å². The molecule has 0 aromatic carbocycles. The lowest BCUT2D eigenvalue weighted by atomic mass is 9.87. The van der Waals surface area contributed by atoms with E-state index >= 15 is 0 Å². The lowest BCUT2D eigenvalue weighted by molar-refractivity contribution is 0.0915. The van der Waals surface area contributed by atoms with Crippen molar-refractivity contribution in [1.29, 1.82) is 0 Å². The van der Waals surface area contributed by atoms with Crippen LogP contribution in [0.4, 0.5) is 10.9 Å². The Morgan fingerprint density at radius 1 is 1.57 bits per heavy atom. The summed E-state index contributed by atoms with van der Waals surface area (Å²) in [4.78, 5) is 17.0. The average molecular weight is 312 g/mol. The van der Waals surface area contributed by atoms with Crippen LogP contribution >= 0.6 is 11.3 Å². The summed E-state index contributed by atoms with van der Waals surface area (Å²) in [6, 6.07) is 0.205. The van der Waals surface area contributed by atoms with Gasteiger partial charge < -0.3 is 21.1 Å². The number of nitrogens with zero attached hydrogens (tertiary/aromatic N) is 1. The maximum atomic E-state index is 12.4. The van der Waals surface area contributed by atoms with Crippen LogP contribution in [0.25, 0.3) is 0 Å². The molecule has 1 heterocycles. The standard InChI is InChI=1S/C14H24N4O2S/c1-14(2)6-4-5-9(14)17-12(19)10-11(15)18-13(21-10)16-7-8-20-3/h9H,4-8,15H2,1-3H3,(H,16,18)(H,17,19). The number of hydrogen-bond acceptors (Lipinski definition) is 6. The largest absolute Gasteiger partial charge is 0.383 e. The van der Waals surface area contributed by atoms with E-state index in [1.165, 1.54) is 11.3 Å². The van der Waals surface area contributed by atoms with Gasteiger partial charge >= 0.3 is 0 Å². The number of nitrogen functional groups attached to an aromatic ring is 1. The first-order valence-electron chi connectivity index (χ1n) is 7.24. The molecule has 0 spiro atoms. The number of carbonyl (C=O) groups is 1. The number of nitrogens with one attached hydrogen (secondary N) is 2. The van der Waals surface area contributed by atoms with Gasteiger partial charge in [0, 0.05) is 19.7 Å². The van der Waals surface area contributed by atoms with Crippen molar-refractivity contribution < 1.29 is 9.53 Å². The zero-order valence-electron chi connectivity index (χ0n) is 12.9. The number of carbonyl (C=O) groups excluding carboxylic acids is 1. The monoisotopic (exact) mass is 312 g/mol. The van der Waals surface area contributed by atoms with E-state index in [2.05, 4.69) is 29.5 Å². The van der Waals surface area contributed by atoms with Crippen LogP contribution in [0, 0.1) is 5.41 Å². The lowest BCUT2D eigenvalue weighted by Gasteiger charge is -2.27. The molecule has 1 aliphatic rings. The third-order valence-electron chi connectivity index (χ3n) is 4.00. The van der Waals surface area contributed by atoms with Crippen molar-refractivity contribution in [2.24, 2.45) is 5.41 Å². The van der Waals surface area contributed by atoms with Crippen LogP contribution in [-0.4, -0.2) is 37.2 Å². The first-order valence-corrected chi connectivity index (χ1v) is 8.05.